The summed E-state index contributed by atoms with van der Waals surface area (Å²) in [5.41, 5.74) is 2.58. The van der Waals surface area contributed by atoms with Crippen LogP contribution in [-0.2, 0) is 14.2 Å². The maximum atomic E-state index is 11.1. The van der Waals surface area contributed by atoms with Crippen LogP contribution in [0.5, 0.6) is 0 Å². The highest BCUT2D eigenvalue weighted by atomic mass is 16.7. The normalized spacial score (nSPS) is 24.0. The summed E-state index contributed by atoms with van der Waals surface area (Å²) in [7, 11) is 0. The van der Waals surface area contributed by atoms with E-state index in [0.29, 0.717) is 18.4 Å². The molecule has 3 fully saturated rings. The molecule has 0 aromatic rings. The van der Waals surface area contributed by atoms with Gasteiger partial charge in [0.1, 0.15) is 24.4 Å². The van der Waals surface area contributed by atoms with Gasteiger partial charge in [-0.2, -0.15) is 0 Å². The Labute approximate surface area is 326 Å². The molecule has 3 rings (SSSR count). The number of likely N-dealkylation sites (tertiary alicyclic amines) is 1. The lowest BCUT2D eigenvalue weighted by Gasteiger charge is -2.55. The van der Waals surface area contributed by atoms with Gasteiger partial charge in [-0.05, 0) is 32.2 Å². The van der Waals surface area contributed by atoms with Crippen molar-refractivity contribution >= 4 is 6.03 Å². The molecule has 0 radical (unpaired) electrons. The first-order chi connectivity index (χ1) is 26.2. The summed E-state index contributed by atoms with van der Waals surface area (Å²) in [4.78, 5) is 13.6. The molecule has 54 heavy (non-hydrogen) atoms. The number of aliphatic hydroxyl groups is 5. The molecule has 3 aliphatic rings. The third-order valence-corrected chi connectivity index (χ3v) is 11.2. The van der Waals surface area contributed by atoms with Crippen LogP contribution in [0.4, 0.5) is 4.79 Å². The quantitative estimate of drug-likeness (QED) is 0.0223. The second-order valence-electron chi connectivity index (χ2n) is 16.2. The number of hydrazine groups is 2. The van der Waals surface area contributed by atoms with Crippen LogP contribution in [0.3, 0.4) is 0 Å². The van der Waals surface area contributed by atoms with Crippen molar-refractivity contribution in [2.24, 2.45) is 17.1 Å². The molecule has 10 N–H and O–H groups in total. The average Bonchev–Trinajstić information content (AvgIpc) is 3.14. The number of carbonyl (C=O) groups is 1. The van der Waals surface area contributed by atoms with Gasteiger partial charge < -0.3 is 44.6 Å². The van der Waals surface area contributed by atoms with Crippen LogP contribution >= 0.6 is 0 Å². The van der Waals surface area contributed by atoms with E-state index in [2.05, 4.69) is 11.8 Å². The van der Waals surface area contributed by atoms with Crippen molar-refractivity contribution in [3.63, 3.8) is 0 Å². The molecule has 3 aliphatic heterocycles. The van der Waals surface area contributed by atoms with Gasteiger partial charge in [-0.1, -0.05) is 129 Å². The Bertz CT molecular complexity index is 911. The van der Waals surface area contributed by atoms with Crippen LogP contribution in [-0.4, -0.2) is 131 Å². The number of nitrogens with one attached hydrogen (secondary N) is 1. The fourth-order valence-electron chi connectivity index (χ4n) is 7.56. The smallest absolute Gasteiger partial charge is 0.345 e. The number of carbonyl (C=O) groups excluding carboxylic acids is 1. The monoisotopic (exact) mass is 776 g/mol. The maximum Gasteiger partial charge on any atom is 0.345 e. The van der Waals surface area contributed by atoms with Crippen LogP contribution < -0.4 is 17.1 Å². The number of hydrogen-bond donors (Lipinski definition) is 8. The Hall–Kier alpha value is -1.17. The van der Waals surface area contributed by atoms with Crippen molar-refractivity contribution in [2.75, 3.05) is 52.6 Å². The van der Waals surface area contributed by atoms with Crippen molar-refractivity contribution in [2.45, 2.75) is 191 Å². The van der Waals surface area contributed by atoms with Gasteiger partial charge >= 0.3 is 6.03 Å². The zero-order valence-electron chi connectivity index (χ0n) is 33.8. The summed E-state index contributed by atoms with van der Waals surface area (Å²) in [5, 5.41) is 49.8. The standard InChI is InChI=1S/C24H48O7.C16H33N5O2/c1-2-3-4-5-6-7-8-9-10-11-12-13-14-15-19(26)16-17-30-24-23(29)22(28)21(27)20(18-25)31-24;17-19-15(22)21(18)10-8-6-4-2-1-3-5-7-9-20-11-16(12-20)13-23-14-16/h19-29H,2-18H2,1H3;1-14,17-18H2,(H,19,22). The second-order valence-corrected chi connectivity index (χ2v) is 16.2. The van der Waals surface area contributed by atoms with Gasteiger partial charge in [-0.15, -0.1) is 0 Å². The van der Waals surface area contributed by atoms with Gasteiger partial charge in [0.2, 0.25) is 0 Å². The molecule has 0 aliphatic carbocycles. The van der Waals surface area contributed by atoms with Gasteiger partial charge in [-0.3, -0.25) is 10.4 Å². The fourth-order valence-corrected chi connectivity index (χ4v) is 7.56. The van der Waals surface area contributed by atoms with E-state index < -0.39 is 49.4 Å². The molecule has 2 amide bonds. The molecular formula is C40H81N5O9. The predicted molar refractivity (Wildman–Crippen MR) is 211 cm³/mol. The van der Waals surface area contributed by atoms with Gasteiger partial charge in [0.15, 0.2) is 6.29 Å². The molecule has 14 heteroatoms. The Kier molecular flexibility index (Phi) is 27.2. The van der Waals surface area contributed by atoms with Gasteiger partial charge in [0.25, 0.3) is 0 Å². The number of rotatable bonds is 30. The summed E-state index contributed by atoms with van der Waals surface area (Å²) in [6, 6.07) is -0.428. The van der Waals surface area contributed by atoms with E-state index in [1.807, 2.05) is 5.43 Å². The molecule has 0 aromatic heterocycles. The Balaban J connectivity index is 0.000000389. The van der Waals surface area contributed by atoms with Gasteiger partial charge in [-0.25, -0.2) is 16.5 Å². The molecule has 1 spiro atoms. The maximum absolute atomic E-state index is 11.1. The number of nitrogens with zero attached hydrogens (tertiary/aromatic N) is 2. The average molecular weight is 776 g/mol. The highest BCUT2D eigenvalue weighted by Crippen LogP contribution is 2.37. The first kappa shape index (κ1) is 49.0. The third kappa shape index (κ3) is 20.3. The molecule has 0 saturated carbocycles. The third-order valence-electron chi connectivity index (χ3n) is 11.2. The number of aliphatic hydroxyl groups excluding tert-OH is 5. The van der Waals surface area contributed by atoms with E-state index in [0.717, 1.165) is 50.3 Å². The Morgan fingerprint density at radius 1 is 0.796 bits per heavy atom. The van der Waals surface area contributed by atoms with E-state index in [1.165, 1.54) is 129 Å². The molecule has 3 heterocycles. The first-order valence-corrected chi connectivity index (χ1v) is 21.6. The van der Waals surface area contributed by atoms with E-state index >= 15 is 0 Å². The molecular weight excluding hydrogens is 694 g/mol. The largest absolute Gasteiger partial charge is 0.394 e. The molecule has 320 valence electrons. The van der Waals surface area contributed by atoms with E-state index in [1.54, 1.807) is 0 Å². The number of hydrogen-bond acceptors (Lipinski definition) is 12. The lowest BCUT2D eigenvalue weighted by atomic mass is 9.78. The minimum atomic E-state index is -1.44. The van der Waals surface area contributed by atoms with Crippen LogP contribution in [0.1, 0.15) is 155 Å². The van der Waals surface area contributed by atoms with Crippen LogP contribution in [0.2, 0.25) is 0 Å². The highest BCUT2D eigenvalue weighted by Gasteiger charge is 2.48. The van der Waals surface area contributed by atoms with E-state index in [4.69, 9.17) is 25.9 Å². The molecule has 6 unspecified atom stereocenters. The Morgan fingerprint density at radius 3 is 1.81 bits per heavy atom. The fraction of sp³-hybridized carbons (Fsp3) is 0.975. The predicted octanol–water partition coefficient (Wildman–Crippen LogP) is 4.23. The molecule has 6 atom stereocenters. The SMILES string of the molecule is CCCCCCCCCCCCCCCC(O)CCOC1OC(CO)C(O)C(O)C1O.NNC(=O)N(N)CCCCCCCCCCN1CC2(COC2)C1. The number of nitrogens with two attached hydrogens (primary N) is 2. The van der Waals surface area contributed by atoms with E-state index in [-0.39, 0.29) is 6.61 Å². The summed E-state index contributed by atoms with van der Waals surface area (Å²) in [5.74, 6) is 10.5. The molecule has 14 nitrogen and oxygen atoms in total. The minimum Gasteiger partial charge on any atom is -0.394 e. The summed E-state index contributed by atoms with van der Waals surface area (Å²) < 4.78 is 16.0. The zero-order valence-corrected chi connectivity index (χ0v) is 33.8. The van der Waals surface area contributed by atoms with Crippen LogP contribution in [0, 0.1) is 5.41 Å². The van der Waals surface area contributed by atoms with Crippen molar-refractivity contribution in [3.05, 3.63) is 0 Å². The number of unbranched alkanes of at least 4 members (excludes halogenated alkanes) is 19. The van der Waals surface area contributed by atoms with Crippen molar-refractivity contribution in [3.8, 4) is 0 Å². The molecule has 0 bridgehead atoms. The summed E-state index contributed by atoms with van der Waals surface area (Å²) in [6.45, 7) is 8.26. The van der Waals surface area contributed by atoms with E-state index in [9.17, 15) is 30.3 Å². The van der Waals surface area contributed by atoms with Crippen LogP contribution in [0.25, 0.3) is 0 Å². The van der Waals surface area contributed by atoms with Gasteiger partial charge in [0, 0.05) is 25.0 Å². The van der Waals surface area contributed by atoms with Gasteiger partial charge in [0.05, 0.1) is 32.5 Å². The second kappa shape index (κ2) is 30.0. The zero-order chi connectivity index (χ0) is 39.4. The number of urea groups is 1. The lowest BCUT2D eigenvalue weighted by molar-refractivity contribution is -0.301. The highest BCUT2D eigenvalue weighted by molar-refractivity contribution is 5.72. The summed E-state index contributed by atoms with van der Waals surface area (Å²) >= 11 is 0. The molecule has 3 saturated heterocycles. The summed E-state index contributed by atoms with van der Waals surface area (Å²) in [6.07, 6.45) is 21.0. The van der Waals surface area contributed by atoms with Crippen molar-refractivity contribution < 1.29 is 44.5 Å². The topological polar surface area (TPSA) is 216 Å². The first-order valence-electron chi connectivity index (χ1n) is 21.6. The number of ether oxygens (including phenoxy) is 3. The molecule has 0 aromatic carbocycles. The lowest BCUT2D eigenvalue weighted by Crippen LogP contribution is -2.65. The van der Waals surface area contributed by atoms with Crippen molar-refractivity contribution in [1.82, 2.24) is 15.3 Å². The number of amides is 2. The minimum absolute atomic E-state index is 0.169. The Morgan fingerprint density at radius 2 is 1.31 bits per heavy atom. The van der Waals surface area contributed by atoms with Crippen LogP contribution in [0.15, 0.2) is 0 Å². The van der Waals surface area contributed by atoms with Crippen molar-refractivity contribution in [1.29, 1.82) is 0 Å².